The average Bonchev–Trinajstić information content (AvgIpc) is 2.81. The Kier molecular flexibility index (Phi) is 7.18. The van der Waals surface area contributed by atoms with Crippen LogP contribution in [0.25, 0.3) is 21.5 Å². The fraction of sp³-hybridized carbons (Fsp3) is 0.185. The first kappa shape index (κ1) is 23.6. The highest BCUT2D eigenvalue weighted by molar-refractivity contribution is 6.02. The number of carboxylic acids is 2. The van der Waals surface area contributed by atoms with Crippen LogP contribution in [0, 0.1) is 0 Å². The van der Waals surface area contributed by atoms with Crippen LogP contribution < -0.4 is 0 Å². The van der Waals surface area contributed by atoms with Gasteiger partial charge in [-0.3, -0.25) is 0 Å². The van der Waals surface area contributed by atoms with Crippen molar-refractivity contribution in [3.05, 3.63) is 82.9 Å². The molecule has 0 aromatic heterocycles. The number of unbranched alkanes of at least 4 members (excludes halogenated alkanes) is 1. The van der Waals surface area contributed by atoms with Gasteiger partial charge in [0.15, 0.2) is 0 Å². The van der Waals surface area contributed by atoms with Gasteiger partial charge in [-0.05, 0) is 33.7 Å². The Morgan fingerprint density at radius 2 is 1.03 bits per heavy atom. The molecule has 0 unspecified atom stereocenters. The zero-order chi connectivity index (χ0) is 24.1. The molecule has 4 N–H and O–H groups in total. The lowest BCUT2D eigenvalue weighted by Gasteiger charge is -2.16. The van der Waals surface area contributed by atoms with E-state index in [2.05, 4.69) is 13.8 Å². The van der Waals surface area contributed by atoms with Crippen molar-refractivity contribution >= 4 is 33.5 Å². The fourth-order valence-corrected chi connectivity index (χ4v) is 3.68. The second-order valence-corrected chi connectivity index (χ2v) is 7.73. The molecule has 6 heteroatoms. The van der Waals surface area contributed by atoms with Crippen molar-refractivity contribution in [3.8, 4) is 11.5 Å². The Labute approximate surface area is 191 Å². The Morgan fingerprint density at radius 3 is 1.36 bits per heavy atom. The van der Waals surface area contributed by atoms with Crippen molar-refractivity contribution in [1.82, 2.24) is 0 Å². The van der Waals surface area contributed by atoms with Crippen LogP contribution in [0.15, 0.2) is 60.7 Å². The van der Waals surface area contributed by atoms with Gasteiger partial charge in [0.2, 0.25) is 0 Å². The van der Waals surface area contributed by atoms with Gasteiger partial charge in [-0.2, -0.15) is 0 Å². The summed E-state index contributed by atoms with van der Waals surface area (Å²) >= 11 is 0. The van der Waals surface area contributed by atoms with Gasteiger partial charge >= 0.3 is 11.9 Å². The summed E-state index contributed by atoms with van der Waals surface area (Å²) in [5.41, 5.74) is 0.112. The van der Waals surface area contributed by atoms with Gasteiger partial charge in [-0.25, -0.2) is 9.59 Å². The Balaban J connectivity index is 0.000000709. The van der Waals surface area contributed by atoms with Crippen LogP contribution in [0.2, 0.25) is 0 Å². The van der Waals surface area contributed by atoms with E-state index < -0.39 is 23.4 Å². The van der Waals surface area contributed by atoms with Gasteiger partial charge in [-0.1, -0.05) is 75.2 Å². The highest BCUT2D eigenvalue weighted by Crippen LogP contribution is 2.38. The molecule has 0 aliphatic heterocycles. The van der Waals surface area contributed by atoms with Crippen LogP contribution in [-0.2, 0) is 6.42 Å². The van der Waals surface area contributed by atoms with Crippen molar-refractivity contribution in [2.75, 3.05) is 0 Å². The lowest BCUT2D eigenvalue weighted by molar-refractivity contribution is 0.0682. The van der Waals surface area contributed by atoms with E-state index in [0.29, 0.717) is 32.7 Å². The maximum atomic E-state index is 11.6. The minimum absolute atomic E-state index is 0.0407. The van der Waals surface area contributed by atoms with E-state index >= 15 is 0 Å². The fourth-order valence-electron chi connectivity index (χ4n) is 3.68. The van der Waals surface area contributed by atoms with Crippen LogP contribution >= 0.6 is 0 Å². The predicted molar refractivity (Wildman–Crippen MR) is 129 cm³/mol. The van der Waals surface area contributed by atoms with Gasteiger partial charge < -0.3 is 20.4 Å². The summed E-state index contributed by atoms with van der Waals surface area (Å²) < 4.78 is 0. The molecule has 0 heterocycles. The minimum atomic E-state index is -1.28. The SMILES string of the molecule is CCCC.O=C(O)c1cc2ccccc2c(Cc2c(O)c(C(=O)O)cc3ccccc23)c1O. The number of carboxylic acid groups (broad SMARTS) is 2. The number of carbonyl (C=O) groups is 2. The number of aromatic hydroxyl groups is 2. The third-order valence-electron chi connectivity index (χ3n) is 5.57. The largest absolute Gasteiger partial charge is 0.507 e. The molecule has 0 saturated carbocycles. The number of hydrogen-bond acceptors (Lipinski definition) is 4. The smallest absolute Gasteiger partial charge is 0.339 e. The maximum Gasteiger partial charge on any atom is 0.339 e. The monoisotopic (exact) mass is 446 g/mol. The predicted octanol–water partition coefficient (Wildman–Crippen LogP) is 6.20. The molecular formula is C27H26O6. The van der Waals surface area contributed by atoms with E-state index in [9.17, 15) is 30.0 Å². The lowest BCUT2D eigenvalue weighted by atomic mass is 9.90. The van der Waals surface area contributed by atoms with Gasteiger partial charge in [0.1, 0.15) is 22.6 Å². The first-order chi connectivity index (χ1) is 15.8. The van der Waals surface area contributed by atoms with Crippen LogP contribution in [0.4, 0.5) is 0 Å². The standard InChI is InChI=1S/C23H16O6.C4H10/c24-20-16(14-7-3-1-5-12(14)9-18(20)22(26)27)11-17-15-8-4-2-6-13(15)10-19(21(17)25)23(28)29;1-3-4-2/h1-10,24-25H,11H2,(H,26,27)(H,28,29);3-4H2,1-2H3. The molecular weight excluding hydrogens is 420 g/mol. The highest BCUT2D eigenvalue weighted by atomic mass is 16.4. The lowest BCUT2D eigenvalue weighted by Crippen LogP contribution is -2.04. The van der Waals surface area contributed by atoms with Gasteiger partial charge in [0.25, 0.3) is 0 Å². The zero-order valence-electron chi connectivity index (χ0n) is 18.5. The van der Waals surface area contributed by atoms with Crippen molar-refractivity contribution < 1.29 is 30.0 Å². The second-order valence-electron chi connectivity index (χ2n) is 7.73. The summed E-state index contributed by atoms with van der Waals surface area (Å²) in [6.07, 6.45) is 2.60. The summed E-state index contributed by atoms with van der Waals surface area (Å²) in [5.74, 6) is -3.36. The normalized spacial score (nSPS) is 10.6. The third-order valence-corrected chi connectivity index (χ3v) is 5.57. The molecule has 0 aliphatic carbocycles. The number of phenols is 2. The maximum absolute atomic E-state index is 11.6. The van der Waals surface area contributed by atoms with E-state index in [1.807, 2.05) is 0 Å². The van der Waals surface area contributed by atoms with Crippen LogP contribution in [0.3, 0.4) is 0 Å². The second kappa shape index (κ2) is 10.0. The minimum Gasteiger partial charge on any atom is -0.507 e. The Morgan fingerprint density at radius 1 is 0.667 bits per heavy atom. The first-order valence-electron chi connectivity index (χ1n) is 10.7. The Bertz CT molecular complexity index is 1240. The topological polar surface area (TPSA) is 115 Å². The summed E-state index contributed by atoms with van der Waals surface area (Å²) in [5, 5.41) is 42.8. The highest BCUT2D eigenvalue weighted by Gasteiger charge is 2.22. The molecule has 0 bridgehead atoms. The van der Waals surface area contributed by atoms with E-state index in [1.165, 1.54) is 25.0 Å². The number of hydrogen-bond donors (Lipinski definition) is 4. The molecule has 0 saturated heterocycles. The molecule has 0 aliphatic rings. The van der Waals surface area contributed by atoms with Crippen LogP contribution in [0.1, 0.15) is 58.5 Å². The molecule has 0 spiro atoms. The Hall–Kier alpha value is -4.06. The zero-order valence-corrected chi connectivity index (χ0v) is 18.5. The molecule has 0 fully saturated rings. The summed E-state index contributed by atoms with van der Waals surface area (Å²) in [6, 6.07) is 16.8. The van der Waals surface area contributed by atoms with Crippen molar-refractivity contribution in [3.63, 3.8) is 0 Å². The quantitative estimate of drug-likeness (QED) is 0.290. The number of rotatable bonds is 5. The van der Waals surface area contributed by atoms with Crippen molar-refractivity contribution in [2.24, 2.45) is 0 Å². The molecule has 0 atom stereocenters. The average molecular weight is 446 g/mol. The number of aromatic carboxylic acids is 2. The number of fused-ring (bicyclic) bond motifs is 2. The molecule has 170 valence electrons. The van der Waals surface area contributed by atoms with E-state index in [0.717, 1.165) is 0 Å². The van der Waals surface area contributed by atoms with Gasteiger partial charge in [0.05, 0.1) is 0 Å². The molecule has 6 nitrogen and oxygen atoms in total. The summed E-state index contributed by atoms with van der Waals surface area (Å²) in [6.45, 7) is 4.36. The molecule has 4 rings (SSSR count). The molecule has 0 amide bonds. The van der Waals surface area contributed by atoms with Crippen molar-refractivity contribution in [2.45, 2.75) is 33.1 Å². The molecule has 4 aromatic carbocycles. The number of benzene rings is 4. The van der Waals surface area contributed by atoms with Gasteiger partial charge in [0, 0.05) is 17.5 Å². The van der Waals surface area contributed by atoms with Crippen LogP contribution in [0.5, 0.6) is 11.5 Å². The summed E-state index contributed by atoms with van der Waals surface area (Å²) in [4.78, 5) is 23.2. The van der Waals surface area contributed by atoms with Gasteiger partial charge in [-0.15, -0.1) is 0 Å². The van der Waals surface area contributed by atoms with E-state index in [4.69, 9.17) is 0 Å². The third kappa shape index (κ3) is 4.75. The molecule has 33 heavy (non-hydrogen) atoms. The summed E-state index contributed by atoms with van der Waals surface area (Å²) in [7, 11) is 0. The molecule has 0 radical (unpaired) electrons. The van der Waals surface area contributed by atoms with E-state index in [-0.39, 0.29) is 17.5 Å². The first-order valence-corrected chi connectivity index (χ1v) is 10.7. The van der Waals surface area contributed by atoms with E-state index in [1.54, 1.807) is 48.5 Å². The van der Waals surface area contributed by atoms with Crippen LogP contribution in [-0.4, -0.2) is 32.4 Å². The molecule has 4 aromatic rings. The van der Waals surface area contributed by atoms with Crippen molar-refractivity contribution in [1.29, 1.82) is 0 Å².